The Morgan fingerprint density at radius 2 is 1.46 bits per heavy atom. The molecular formula is C30H29N3O2S2. The standard InChI is InChI=1S/C30H29N3O2S2/c1-2-21-33-29(25-15-7-4-8-16-25)28(24-13-5-3-6-14-24)32-30(33)36-22-20-31-37(34,35)27-19-11-17-23-12-9-10-18-26(23)27/h3-19,31H,2,20-22H2,1H3. The topological polar surface area (TPSA) is 64.0 Å². The highest BCUT2D eigenvalue weighted by molar-refractivity contribution is 7.99. The molecule has 5 rings (SSSR count). The largest absolute Gasteiger partial charge is 0.318 e. The van der Waals surface area contributed by atoms with E-state index in [-0.39, 0.29) is 0 Å². The average Bonchev–Trinajstić information content (AvgIpc) is 3.30. The lowest BCUT2D eigenvalue weighted by molar-refractivity contribution is 0.585. The van der Waals surface area contributed by atoms with Gasteiger partial charge in [0.1, 0.15) is 0 Å². The predicted octanol–water partition coefficient (Wildman–Crippen LogP) is 6.85. The van der Waals surface area contributed by atoms with Crippen LogP contribution in [-0.2, 0) is 16.6 Å². The van der Waals surface area contributed by atoms with Crippen LogP contribution in [0.3, 0.4) is 0 Å². The van der Waals surface area contributed by atoms with E-state index < -0.39 is 10.0 Å². The first-order valence-electron chi connectivity index (χ1n) is 12.4. The Morgan fingerprint density at radius 1 is 0.811 bits per heavy atom. The number of hydrogen-bond donors (Lipinski definition) is 1. The average molecular weight is 528 g/mol. The van der Waals surface area contributed by atoms with Crippen LogP contribution < -0.4 is 4.72 Å². The summed E-state index contributed by atoms with van der Waals surface area (Å²) in [7, 11) is -3.64. The van der Waals surface area contributed by atoms with E-state index in [2.05, 4.69) is 40.5 Å². The summed E-state index contributed by atoms with van der Waals surface area (Å²) in [6.07, 6.45) is 0.964. The Balaban J connectivity index is 1.40. The molecule has 0 saturated carbocycles. The summed E-state index contributed by atoms with van der Waals surface area (Å²) < 4.78 is 31.3. The van der Waals surface area contributed by atoms with Crippen molar-refractivity contribution in [2.75, 3.05) is 12.3 Å². The van der Waals surface area contributed by atoms with Gasteiger partial charge in [0.15, 0.2) is 5.16 Å². The van der Waals surface area contributed by atoms with Crippen molar-refractivity contribution in [3.05, 3.63) is 103 Å². The van der Waals surface area contributed by atoms with Crippen LogP contribution in [-0.4, -0.2) is 30.3 Å². The van der Waals surface area contributed by atoms with Crippen LogP contribution in [0.25, 0.3) is 33.3 Å². The van der Waals surface area contributed by atoms with Gasteiger partial charge in [-0.25, -0.2) is 18.1 Å². The molecule has 0 amide bonds. The van der Waals surface area contributed by atoms with Gasteiger partial charge in [0.2, 0.25) is 10.0 Å². The third-order valence-electron chi connectivity index (χ3n) is 6.14. The lowest BCUT2D eigenvalue weighted by atomic mass is 10.0. The van der Waals surface area contributed by atoms with Gasteiger partial charge in [0.25, 0.3) is 0 Å². The molecule has 1 aromatic heterocycles. The number of benzene rings is 4. The van der Waals surface area contributed by atoms with Crippen molar-refractivity contribution in [1.82, 2.24) is 14.3 Å². The van der Waals surface area contributed by atoms with E-state index in [0.717, 1.165) is 51.4 Å². The molecule has 4 aromatic carbocycles. The minimum Gasteiger partial charge on any atom is -0.318 e. The second-order valence-corrected chi connectivity index (χ2v) is 11.5. The number of hydrogen-bond acceptors (Lipinski definition) is 4. The first-order valence-corrected chi connectivity index (χ1v) is 14.9. The van der Waals surface area contributed by atoms with Gasteiger partial charge < -0.3 is 4.57 Å². The summed E-state index contributed by atoms with van der Waals surface area (Å²) in [4.78, 5) is 5.36. The van der Waals surface area contributed by atoms with Crippen molar-refractivity contribution < 1.29 is 8.42 Å². The molecule has 0 unspecified atom stereocenters. The third-order valence-corrected chi connectivity index (χ3v) is 8.64. The van der Waals surface area contributed by atoms with Gasteiger partial charge in [0.05, 0.1) is 16.3 Å². The van der Waals surface area contributed by atoms with Crippen molar-refractivity contribution >= 4 is 32.6 Å². The maximum Gasteiger partial charge on any atom is 0.241 e. The lowest BCUT2D eigenvalue weighted by Crippen LogP contribution is -2.26. The number of nitrogens with zero attached hydrogens (tertiary/aromatic N) is 2. The molecule has 1 heterocycles. The van der Waals surface area contributed by atoms with Gasteiger partial charge >= 0.3 is 0 Å². The highest BCUT2D eigenvalue weighted by Crippen LogP contribution is 2.36. The van der Waals surface area contributed by atoms with Crippen molar-refractivity contribution in [1.29, 1.82) is 0 Å². The summed E-state index contributed by atoms with van der Waals surface area (Å²) in [5.74, 6) is 0.563. The van der Waals surface area contributed by atoms with E-state index in [1.807, 2.05) is 66.7 Å². The molecule has 0 aliphatic rings. The first kappa shape index (κ1) is 25.3. The smallest absolute Gasteiger partial charge is 0.241 e. The third kappa shape index (κ3) is 5.49. The summed E-state index contributed by atoms with van der Waals surface area (Å²) >= 11 is 1.58. The van der Waals surface area contributed by atoms with Crippen molar-refractivity contribution in [3.63, 3.8) is 0 Å². The quantitative estimate of drug-likeness (QED) is 0.159. The Bertz CT molecular complexity index is 1590. The van der Waals surface area contributed by atoms with Gasteiger partial charge in [-0.05, 0) is 17.9 Å². The van der Waals surface area contributed by atoms with Crippen molar-refractivity contribution in [3.8, 4) is 22.5 Å². The molecule has 0 bridgehead atoms. The van der Waals surface area contributed by atoms with Crippen LogP contribution in [0, 0.1) is 0 Å². The molecule has 0 fully saturated rings. The number of sulfonamides is 1. The number of thioether (sulfide) groups is 1. The highest BCUT2D eigenvalue weighted by Gasteiger charge is 2.21. The zero-order chi connectivity index (χ0) is 25.7. The van der Waals surface area contributed by atoms with E-state index in [4.69, 9.17) is 4.98 Å². The Hall–Kier alpha value is -3.39. The highest BCUT2D eigenvalue weighted by atomic mass is 32.2. The van der Waals surface area contributed by atoms with Crippen LogP contribution in [0.15, 0.2) is 113 Å². The summed E-state index contributed by atoms with van der Waals surface area (Å²) in [5, 5.41) is 2.52. The van der Waals surface area contributed by atoms with Gasteiger partial charge in [-0.1, -0.05) is 116 Å². The second kappa shape index (κ2) is 11.3. The van der Waals surface area contributed by atoms with Gasteiger partial charge in [-0.15, -0.1) is 0 Å². The monoisotopic (exact) mass is 527 g/mol. The van der Waals surface area contributed by atoms with Crippen LogP contribution in [0.5, 0.6) is 0 Å². The van der Waals surface area contributed by atoms with E-state index in [1.165, 1.54) is 0 Å². The zero-order valence-corrected chi connectivity index (χ0v) is 22.3. The molecule has 0 spiro atoms. The van der Waals surface area contributed by atoms with Crippen molar-refractivity contribution in [2.24, 2.45) is 0 Å². The van der Waals surface area contributed by atoms with E-state index >= 15 is 0 Å². The van der Waals surface area contributed by atoms with Crippen LogP contribution in [0.1, 0.15) is 13.3 Å². The second-order valence-electron chi connectivity index (χ2n) is 8.70. The Labute approximate surface area is 222 Å². The van der Waals surface area contributed by atoms with Crippen molar-refractivity contribution in [2.45, 2.75) is 29.9 Å². The molecule has 0 saturated heterocycles. The number of aromatic nitrogens is 2. The van der Waals surface area contributed by atoms with E-state index in [9.17, 15) is 8.42 Å². The Morgan fingerprint density at radius 3 is 2.19 bits per heavy atom. The fraction of sp³-hybridized carbons (Fsp3) is 0.167. The minimum atomic E-state index is -3.64. The number of imidazole rings is 1. The normalized spacial score (nSPS) is 11.7. The van der Waals surface area contributed by atoms with Crippen LogP contribution in [0.4, 0.5) is 0 Å². The molecule has 188 valence electrons. The molecule has 37 heavy (non-hydrogen) atoms. The van der Waals surface area contributed by atoms with Gasteiger partial charge in [-0.3, -0.25) is 0 Å². The molecule has 0 atom stereocenters. The van der Waals surface area contributed by atoms with E-state index in [0.29, 0.717) is 17.2 Å². The molecular weight excluding hydrogens is 498 g/mol. The molecule has 5 aromatic rings. The molecule has 7 heteroatoms. The Kier molecular flexibility index (Phi) is 7.74. The van der Waals surface area contributed by atoms with Gasteiger partial charge in [-0.2, -0.15) is 0 Å². The summed E-state index contributed by atoms with van der Waals surface area (Å²) in [5.41, 5.74) is 4.21. The van der Waals surface area contributed by atoms with Crippen LogP contribution in [0.2, 0.25) is 0 Å². The maximum atomic E-state index is 13.1. The number of nitrogens with one attached hydrogen (secondary N) is 1. The maximum absolute atomic E-state index is 13.1. The first-order chi connectivity index (χ1) is 18.1. The minimum absolute atomic E-state index is 0.302. The molecule has 0 radical (unpaired) electrons. The lowest BCUT2D eigenvalue weighted by Gasteiger charge is -2.12. The SMILES string of the molecule is CCCn1c(SCCNS(=O)(=O)c2cccc3ccccc23)nc(-c2ccccc2)c1-c1ccccc1. The fourth-order valence-electron chi connectivity index (χ4n) is 4.49. The van der Waals surface area contributed by atoms with Crippen LogP contribution >= 0.6 is 11.8 Å². The molecule has 5 nitrogen and oxygen atoms in total. The molecule has 1 N–H and O–H groups in total. The summed E-state index contributed by atoms with van der Waals surface area (Å²) in [6, 6.07) is 33.5. The molecule has 0 aliphatic carbocycles. The van der Waals surface area contributed by atoms with Gasteiger partial charge in [0, 0.05) is 35.4 Å². The fourth-order valence-corrected chi connectivity index (χ4v) is 6.76. The summed E-state index contributed by atoms with van der Waals surface area (Å²) in [6.45, 7) is 3.29. The number of rotatable bonds is 10. The predicted molar refractivity (Wildman–Crippen MR) is 153 cm³/mol. The number of fused-ring (bicyclic) bond motifs is 1. The molecule has 0 aliphatic heterocycles. The zero-order valence-electron chi connectivity index (χ0n) is 20.7. The van der Waals surface area contributed by atoms with E-state index in [1.54, 1.807) is 23.9 Å².